The Morgan fingerprint density at radius 3 is 2.83 bits per heavy atom. The molecule has 1 rings (SSSR count). The second kappa shape index (κ2) is 4.84. The SMILES string of the molecule is NCCCc1cn(CCN)nn1. The summed E-state index contributed by atoms with van der Waals surface area (Å²) in [6.45, 7) is 2.03. The zero-order valence-electron chi connectivity index (χ0n) is 7.11. The third kappa shape index (κ3) is 2.60. The van der Waals surface area contributed by atoms with Crippen LogP contribution in [0.3, 0.4) is 0 Å². The molecule has 1 heterocycles. The fourth-order valence-electron chi connectivity index (χ4n) is 0.978. The van der Waals surface area contributed by atoms with E-state index in [9.17, 15) is 0 Å². The van der Waals surface area contributed by atoms with Crippen LogP contribution in [0.4, 0.5) is 0 Å². The van der Waals surface area contributed by atoms with Crippen LogP contribution in [0.2, 0.25) is 0 Å². The zero-order valence-corrected chi connectivity index (χ0v) is 7.11. The van der Waals surface area contributed by atoms with Gasteiger partial charge in [-0.15, -0.1) is 5.10 Å². The number of hydrogen-bond acceptors (Lipinski definition) is 4. The zero-order chi connectivity index (χ0) is 8.81. The lowest BCUT2D eigenvalue weighted by atomic mass is 10.2. The topological polar surface area (TPSA) is 82.8 Å². The third-order valence-corrected chi connectivity index (χ3v) is 1.58. The number of aromatic nitrogens is 3. The average molecular weight is 169 g/mol. The van der Waals surface area contributed by atoms with E-state index in [1.165, 1.54) is 0 Å². The molecule has 0 aliphatic heterocycles. The summed E-state index contributed by atoms with van der Waals surface area (Å²) < 4.78 is 1.76. The summed E-state index contributed by atoms with van der Waals surface area (Å²) in [6, 6.07) is 0. The van der Waals surface area contributed by atoms with Crippen molar-refractivity contribution < 1.29 is 0 Å². The van der Waals surface area contributed by atoms with Gasteiger partial charge in [-0.3, -0.25) is 4.68 Å². The van der Waals surface area contributed by atoms with Crippen molar-refractivity contribution in [2.75, 3.05) is 13.1 Å². The van der Waals surface area contributed by atoms with E-state index in [1.54, 1.807) is 4.68 Å². The summed E-state index contributed by atoms with van der Waals surface area (Å²) in [7, 11) is 0. The first-order valence-corrected chi connectivity index (χ1v) is 4.16. The predicted octanol–water partition coefficient (Wildman–Crippen LogP) is -0.872. The van der Waals surface area contributed by atoms with E-state index in [1.807, 2.05) is 6.20 Å². The molecule has 12 heavy (non-hydrogen) atoms. The van der Waals surface area contributed by atoms with Gasteiger partial charge in [0.05, 0.1) is 12.2 Å². The fraction of sp³-hybridized carbons (Fsp3) is 0.714. The summed E-state index contributed by atoms with van der Waals surface area (Å²) in [5, 5.41) is 7.88. The molecule has 0 unspecified atom stereocenters. The first-order valence-electron chi connectivity index (χ1n) is 4.16. The Kier molecular flexibility index (Phi) is 3.69. The Morgan fingerprint density at radius 1 is 1.33 bits per heavy atom. The summed E-state index contributed by atoms with van der Waals surface area (Å²) in [5.41, 5.74) is 11.7. The molecule has 0 bridgehead atoms. The second-order valence-corrected chi connectivity index (χ2v) is 2.65. The van der Waals surface area contributed by atoms with Crippen LogP contribution in [-0.2, 0) is 13.0 Å². The van der Waals surface area contributed by atoms with E-state index in [0.29, 0.717) is 13.1 Å². The molecule has 0 amide bonds. The number of rotatable bonds is 5. The normalized spacial score (nSPS) is 10.5. The Labute approximate surface area is 71.7 Å². The molecular formula is C7H15N5. The van der Waals surface area contributed by atoms with Gasteiger partial charge in [-0.25, -0.2) is 0 Å². The summed E-state index contributed by atoms with van der Waals surface area (Å²) in [5.74, 6) is 0. The van der Waals surface area contributed by atoms with Crippen molar-refractivity contribution in [1.82, 2.24) is 15.0 Å². The first-order chi connectivity index (χ1) is 5.86. The van der Waals surface area contributed by atoms with E-state index in [4.69, 9.17) is 11.5 Å². The second-order valence-electron chi connectivity index (χ2n) is 2.65. The molecule has 1 aromatic rings. The quantitative estimate of drug-likeness (QED) is 0.600. The number of aryl methyl sites for hydroxylation is 1. The molecule has 0 saturated carbocycles. The van der Waals surface area contributed by atoms with Gasteiger partial charge in [0, 0.05) is 12.7 Å². The van der Waals surface area contributed by atoms with Gasteiger partial charge in [-0.1, -0.05) is 5.21 Å². The molecule has 4 N–H and O–H groups in total. The van der Waals surface area contributed by atoms with Crippen LogP contribution in [0.25, 0.3) is 0 Å². The van der Waals surface area contributed by atoms with Crippen molar-refractivity contribution in [3.05, 3.63) is 11.9 Å². The van der Waals surface area contributed by atoms with Gasteiger partial charge in [0.2, 0.25) is 0 Å². The lowest BCUT2D eigenvalue weighted by Gasteiger charge is -1.93. The highest BCUT2D eigenvalue weighted by Gasteiger charge is 1.98. The van der Waals surface area contributed by atoms with E-state index in [-0.39, 0.29) is 0 Å². The molecule has 0 saturated heterocycles. The van der Waals surface area contributed by atoms with Crippen LogP contribution in [0.15, 0.2) is 6.20 Å². The van der Waals surface area contributed by atoms with E-state index < -0.39 is 0 Å². The molecule has 5 nitrogen and oxygen atoms in total. The van der Waals surface area contributed by atoms with E-state index in [0.717, 1.165) is 25.1 Å². The Morgan fingerprint density at radius 2 is 2.17 bits per heavy atom. The standard InChI is InChI=1S/C7H15N5/c8-3-1-2-7-6-12(5-4-9)11-10-7/h6H,1-5,8-9H2. The largest absolute Gasteiger partial charge is 0.330 e. The van der Waals surface area contributed by atoms with Crippen molar-refractivity contribution in [3.63, 3.8) is 0 Å². The van der Waals surface area contributed by atoms with Crippen molar-refractivity contribution in [2.45, 2.75) is 19.4 Å². The van der Waals surface area contributed by atoms with Gasteiger partial charge in [0.15, 0.2) is 0 Å². The highest BCUT2D eigenvalue weighted by Crippen LogP contribution is 1.96. The van der Waals surface area contributed by atoms with Crippen molar-refractivity contribution in [2.24, 2.45) is 11.5 Å². The van der Waals surface area contributed by atoms with Crippen LogP contribution in [0.5, 0.6) is 0 Å². The maximum atomic E-state index is 5.37. The Hall–Kier alpha value is -0.940. The van der Waals surface area contributed by atoms with Gasteiger partial charge in [-0.05, 0) is 19.4 Å². The molecule has 68 valence electrons. The van der Waals surface area contributed by atoms with Gasteiger partial charge < -0.3 is 11.5 Å². The van der Waals surface area contributed by atoms with Gasteiger partial charge in [-0.2, -0.15) is 0 Å². The van der Waals surface area contributed by atoms with Gasteiger partial charge in [0.25, 0.3) is 0 Å². The predicted molar refractivity (Wildman–Crippen MR) is 46.5 cm³/mol. The summed E-state index contributed by atoms with van der Waals surface area (Å²) in [4.78, 5) is 0. The van der Waals surface area contributed by atoms with E-state index in [2.05, 4.69) is 10.3 Å². The molecule has 0 aliphatic carbocycles. The smallest absolute Gasteiger partial charge is 0.0827 e. The third-order valence-electron chi connectivity index (χ3n) is 1.58. The molecule has 0 spiro atoms. The van der Waals surface area contributed by atoms with Crippen LogP contribution in [0.1, 0.15) is 12.1 Å². The van der Waals surface area contributed by atoms with Crippen molar-refractivity contribution >= 4 is 0 Å². The summed E-state index contributed by atoms with van der Waals surface area (Å²) >= 11 is 0. The molecule has 1 aromatic heterocycles. The minimum absolute atomic E-state index is 0.597. The average Bonchev–Trinajstić information content (AvgIpc) is 2.50. The fourth-order valence-corrected chi connectivity index (χ4v) is 0.978. The van der Waals surface area contributed by atoms with Crippen molar-refractivity contribution in [1.29, 1.82) is 0 Å². The molecule has 0 atom stereocenters. The first kappa shape index (κ1) is 9.15. The highest BCUT2D eigenvalue weighted by molar-refractivity contribution is 4.92. The molecule has 0 aliphatic rings. The van der Waals surface area contributed by atoms with Crippen LogP contribution < -0.4 is 11.5 Å². The number of nitrogens with two attached hydrogens (primary N) is 2. The molecule has 0 aromatic carbocycles. The summed E-state index contributed by atoms with van der Waals surface area (Å²) in [6.07, 6.45) is 3.78. The maximum Gasteiger partial charge on any atom is 0.0827 e. The molecule has 0 radical (unpaired) electrons. The van der Waals surface area contributed by atoms with Gasteiger partial charge in [0.1, 0.15) is 0 Å². The van der Waals surface area contributed by atoms with E-state index >= 15 is 0 Å². The lowest BCUT2D eigenvalue weighted by molar-refractivity contribution is 0.598. The Balaban J connectivity index is 2.41. The highest BCUT2D eigenvalue weighted by atomic mass is 15.4. The molecule has 0 fully saturated rings. The van der Waals surface area contributed by atoms with Crippen LogP contribution in [-0.4, -0.2) is 28.1 Å². The number of nitrogens with zero attached hydrogens (tertiary/aromatic N) is 3. The van der Waals surface area contributed by atoms with Crippen LogP contribution >= 0.6 is 0 Å². The monoisotopic (exact) mass is 169 g/mol. The minimum atomic E-state index is 0.597. The van der Waals surface area contributed by atoms with Crippen molar-refractivity contribution in [3.8, 4) is 0 Å². The molecule has 5 heteroatoms. The lowest BCUT2D eigenvalue weighted by Crippen LogP contribution is -2.10. The number of hydrogen-bond donors (Lipinski definition) is 2. The van der Waals surface area contributed by atoms with Crippen LogP contribution in [0, 0.1) is 0 Å². The Bertz CT molecular complexity index is 219. The molecular weight excluding hydrogens is 154 g/mol. The van der Waals surface area contributed by atoms with Gasteiger partial charge >= 0.3 is 0 Å². The minimum Gasteiger partial charge on any atom is -0.330 e. The maximum absolute atomic E-state index is 5.37.